The van der Waals surface area contributed by atoms with Crippen molar-refractivity contribution in [2.24, 2.45) is 0 Å². The van der Waals surface area contributed by atoms with Crippen molar-refractivity contribution in [3.8, 4) is 22.3 Å². The van der Waals surface area contributed by atoms with E-state index in [2.05, 4.69) is 229 Å². The summed E-state index contributed by atoms with van der Waals surface area (Å²) in [4.78, 5) is 0. The van der Waals surface area contributed by atoms with Gasteiger partial charge in [0, 0.05) is 21.5 Å². The fourth-order valence-electron chi connectivity index (χ4n) is 13.1. The number of hydrogen-bond donors (Lipinski definition) is 0. The van der Waals surface area contributed by atoms with Gasteiger partial charge >= 0.3 is 0 Å². The molecule has 0 bridgehead atoms. The number of rotatable bonds is 7. The van der Waals surface area contributed by atoms with Crippen molar-refractivity contribution in [3.63, 3.8) is 0 Å². The molecule has 2 saturated carbocycles. The van der Waals surface area contributed by atoms with Crippen molar-refractivity contribution in [2.45, 2.75) is 177 Å². The maximum atomic E-state index is 5.70. The first-order valence-electron chi connectivity index (χ1n) is 32.3. The summed E-state index contributed by atoms with van der Waals surface area (Å²) in [5, 5.41) is 4.80. The fraction of sp³-hybridized carbons (Fsp3) is 0.325. The van der Waals surface area contributed by atoms with E-state index in [1.165, 1.54) is 158 Å². The van der Waals surface area contributed by atoms with E-state index < -0.39 is 0 Å². The van der Waals surface area contributed by atoms with Crippen LogP contribution >= 0.6 is 0 Å². The molecule has 0 unspecified atom stereocenters. The Kier molecular flexibility index (Phi) is 22.2. The van der Waals surface area contributed by atoms with Gasteiger partial charge in [0.05, 0.1) is 25.1 Å². The molecule has 2 fully saturated rings. The first kappa shape index (κ1) is 63.4. The van der Waals surface area contributed by atoms with E-state index in [1.54, 1.807) is 36.2 Å². The molecule has 2 aliphatic rings. The molecule has 87 heavy (non-hydrogen) atoms. The SMILES string of the molecule is Cc1c(C(C)C)cc(-c2ccccc2)c2ccoc12.Cc1c(C(C)C)ccc2ccoc12.Cc1cc(C(C)C)cc2ccoc12.Cc1ccc(-c2ccccc2)c2ccoc12.Cc1cccc(C2CCCCC2)c1.Cc1ccccc1C1CCCCC1. The Morgan fingerprint density at radius 1 is 0.345 bits per heavy atom. The van der Waals surface area contributed by atoms with Gasteiger partial charge in [0.15, 0.2) is 0 Å². The molecule has 0 saturated heterocycles. The second kappa shape index (κ2) is 30.5. The molecule has 4 heterocycles. The van der Waals surface area contributed by atoms with Crippen molar-refractivity contribution in [1.29, 1.82) is 0 Å². The molecule has 0 amide bonds. The van der Waals surface area contributed by atoms with Gasteiger partial charge in [-0.05, 0) is 211 Å². The average Bonchev–Trinajstić information content (AvgIpc) is 2.35. The highest BCUT2D eigenvalue weighted by Crippen LogP contribution is 2.38. The third kappa shape index (κ3) is 16.1. The summed E-state index contributed by atoms with van der Waals surface area (Å²) >= 11 is 0. The summed E-state index contributed by atoms with van der Waals surface area (Å²) < 4.78 is 22.0. The van der Waals surface area contributed by atoms with E-state index >= 15 is 0 Å². The van der Waals surface area contributed by atoms with Gasteiger partial charge in [-0.15, -0.1) is 0 Å². The van der Waals surface area contributed by atoms with Crippen LogP contribution in [0.4, 0.5) is 0 Å². The highest BCUT2D eigenvalue weighted by atomic mass is 16.3. The van der Waals surface area contributed by atoms with E-state index in [4.69, 9.17) is 17.7 Å². The van der Waals surface area contributed by atoms with Gasteiger partial charge in [-0.3, -0.25) is 0 Å². The van der Waals surface area contributed by atoms with E-state index in [-0.39, 0.29) is 0 Å². The zero-order valence-corrected chi connectivity index (χ0v) is 54.1. The Hall–Kier alpha value is -8.08. The predicted molar refractivity (Wildman–Crippen MR) is 371 cm³/mol. The molecule has 450 valence electrons. The average molecular weight is 1160 g/mol. The summed E-state index contributed by atoms with van der Waals surface area (Å²) in [5.41, 5.74) is 24.1. The van der Waals surface area contributed by atoms with Crippen molar-refractivity contribution in [3.05, 3.63) is 262 Å². The van der Waals surface area contributed by atoms with Crippen molar-refractivity contribution in [2.75, 3.05) is 0 Å². The normalized spacial score (nSPS) is 13.5. The molecule has 4 aromatic heterocycles. The lowest BCUT2D eigenvalue weighted by Gasteiger charge is -2.23. The molecule has 4 nitrogen and oxygen atoms in total. The Bertz CT molecular complexity index is 4050. The van der Waals surface area contributed by atoms with Crippen LogP contribution in [0.5, 0.6) is 0 Å². The highest BCUT2D eigenvalue weighted by Gasteiger charge is 2.18. The van der Waals surface area contributed by atoms with Crippen LogP contribution in [-0.2, 0) is 0 Å². The summed E-state index contributed by atoms with van der Waals surface area (Å²) in [7, 11) is 0. The van der Waals surface area contributed by atoms with E-state index in [1.807, 2.05) is 30.3 Å². The monoisotopic (exact) mass is 1150 g/mol. The third-order valence-corrected chi connectivity index (χ3v) is 17.9. The number of fused-ring (bicyclic) bond motifs is 4. The van der Waals surface area contributed by atoms with Gasteiger partial charge < -0.3 is 17.7 Å². The fourth-order valence-corrected chi connectivity index (χ4v) is 13.1. The second-order valence-electron chi connectivity index (χ2n) is 25.3. The standard InChI is InChI=1S/C18H18O.C15H12O.2C13H18.2C12H14O/c1-12(2)16-11-17(14-7-5-4-6-8-14)15-9-10-19-18(15)13(16)3;1-11-7-8-13(12-5-3-2-4-6-12)14-9-10-16-15(11)14;1-11-7-5-6-10-13(11)12-8-3-2-4-9-12;1-11-6-5-9-13(10-11)12-7-3-2-4-8-12;1-8(2)11-6-9(3)12-10(7-11)4-5-13-12;1-8(2)11-5-4-10-6-7-13-12(10)9(11)3/h4-12H,1-3H3;2-10H,1H3;5-7,10,12H,2-4,8-9H2,1H3;5-6,9-10,12H,2-4,7-8H2,1H3;2*4-8H,1-3H3. The lowest BCUT2D eigenvalue weighted by atomic mass is 9.82. The molecule has 14 rings (SSSR count). The predicted octanol–water partition coefficient (Wildman–Crippen LogP) is 25.8. The van der Waals surface area contributed by atoms with Crippen LogP contribution in [0.25, 0.3) is 66.1 Å². The number of hydrogen-bond acceptors (Lipinski definition) is 4. The number of furan rings is 4. The minimum atomic E-state index is 0.497. The summed E-state index contributed by atoms with van der Waals surface area (Å²) in [5.74, 6) is 3.35. The van der Waals surface area contributed by atoms with Crippen LogP contribution < -0.4 is 0 Å². The van der Waals surface area contributed by atoms with Gasteiger partial charge in [0.25, 0.3) is 0 Å². The molecular weight excluding hydrogens is 1060 g/mol. The van der Waals surface area contributed by atoms with Gasteiger partial charge in [0.1, 0.15) is 22.3 Å². The van der Waals surface area contributed by atoms with Gasteiger partial charge in [-0.25, -0.2) is 0 Å². The second-order valence-corrected chi connectivity index (χ2v) is 25.3. The van der Waals surface area contributed by atoms with Crippen LogP contribution in [-0.4, -0.2) is 0 Å². The van der Waals surface area contributed by atoms with E-state index in [0.717, 1.165) is 34.2 Å². The maximum absolute atomic E-state index is 5.70. The molecule has 8 aromatic carbocycles. The molecule has 0 spiro atoms. The highest BCUT2D eigenvalue weighted by molar-refractivity contribution is 5.97. The van der Waals surface area contributed by atoms with Gasteiger partial charge in [-0.1, -0.05) is 225 Å². The maximum Gasteiger partial charge on any atom is 0.137 e. The molecule has 0 atom stereocenters. The summed E-state index contributed by atoms with van der Waals surface area (Å²) in [6.45, 7) is 26.2. The first-order valence-corrected chi connectivity index (χ1v) is 32.3. The van der Waals surface area contributed by atoms with Crippen LogP contribution in [0.15, 0.2) is 219 Å². The zero-order valence-electron chi connectivity index (χ0n) is 54.1. The molecule has 4 heteroatoms. The van der Waals surface area contributed by atoms with Crippen molar-refractivity contribution < 1.29 is 17.7 Å². The molecule has 0 aliphatic heterocycles. The summed E-state index contributed by atoms with van der Waals surface area (Å²) in [6.07, 6.45) is 21.3. The quantitative estimate of drug-likeness (QED) is 0.160. The molecule has 12 aromatic rings. The van der Waals surface area contributed by atoms with Crippen LogP contribution in [0.2, 0.25) is 0 Å². The minimum absolute atomic E-state index is 0.497. The lowest BCUT2D eigenvalue weighted by molar-refractivity contribution is 0.442. The topological polar surface area (TPSA) is 52.6 Å². The minimum Gasteiger partial charge on any atom is -0.464 e. The van der Waals surface area contributed by atoms with E-state index in [0.29, 0.717) is 17.8 Å². The number of benzene rings is 8. The Morgan fingerprint density at radius 2 is 0.885 bits per heavy atom. The Balaban J connectivity index is 0.000000125. The van der Waals surface area contributed by atoms with Crippen LogP contribution in [0.3, 0.4) is 0 Å². The smallest absolute Gasteiger partial charge is 0.137 e. The molecular formula is C83H94O4. The molecule has 0 N–H and O–H groups in total. The van der Waals surface area contributed by atoms with Crippen LogP contribution in [0, 0.1) is 41.5 Å². The number of aryl methyl sites for hydroxylation is 6. The largest absolute Gasteiger partial charge is 0.464 e. The first-order chi connectivity index (χ1) is 42.2. The Labute approximate surface area is 520 Å². The Morgan fingerprint density at radius 3 is 1.51 bits per heavy atom. The van der Waals surface area contributed by atoms with Crippen molar-refractivity contribution >= 4 is 43.9 Å². The lowest BCUT2D eigenvalue weighted by Crippen LogP contribution is -2.05. The van der Waals surface area contributed by atoms with Gasteiger partial charge in [0.2, 0.25) is 0 Å². The van der Waals surface area contributed by atoms with Crippen molar-refractivity contribution in [1.82, 2.24) is 0 Å². The molecule has 0 radical (unpaired) electrons. The summed E-state index contributed by atoms with van der Waals surface area (Å²) in [6, 6.07) is 62.2. The zero-order chi connectivity index (χ0) is 61.4. The van der Waals surface area contributed by atoms with Gasteiger partial charge in [-0.2, -0.15) is 0 Å². The molecule has 2 aliphatic carbocycles. The van der Waals surface area contributed by atoms with E-state index in [9.17, 15) is 0 Å². The van der Waals surface area contributed by atoms with Crippen LogP contribution in [0.1, 0.15) is 197 Å². The third-order valence-electron chi connectivity index (χ3n) is 17.9.